The maximum Gasteiger partial charge on any atom is 0.230 e. The number of rotatable bonds is 0. The molecule has 0 saturated heterocycles. The van der Waals surface area contributed by atoms with Gasteiger partial charge in [0.2, 0.25) is 5.88 Å². The molecule has 60 valence electrons. The molecule has 0 saturated carbocycles. The summed E-state index contributed by atoms with van der Waals surface area (Å²) in [7, 11) is 0. The fourth-order valence-electron chi connectivity index (χ4n) is 0.990. The average Bonchev–Trinajstić information content (AvgIpc) is 2.07. The van der Waals surface area contributed by atoms with E-state index in [1.165, 1.54) is 6.20 Å². The fraction of sp³-hybridized carbons (Fsp3) is 0. The molecule has 1 N–H and O–H groups in total. The van der Waals surface area contributed by atoms with Crippen LogP contribution in [0.3, 0.4) is 0 Å². The first-order valence-electron chi connectivity index (χ1n) is 3.37. The Morgan fingerprint density at radius 1 is 1.33 bits per heavy atom. The summed E-state index contributed by atoms with van der Waals surface area (Å²) in [5.74, 6) is -0.0607. The molecule has 0 amide bonds. The van der Waals surface area contributed by atoms with Crippen LogP contribution in [0.15, 0.2) is 28.9 Å². The normalized spacial score (nSPS) is 10.4. The number of halogens is 1. The molecule has 2 aromatic rings. The predicted molar refractivity (Wildman–Crippen MR) is 48.9 cm³/mol. The summed E-state index contributed by atoms with van der Waals surface area (Å²) in [5.41, 5.74) is 1.44. The van der Waals surface area contributed by atoms with Gasteiger partial charge >= 0.3 is 0 Å². The van der Waals surface area contributed by atoms with Gasteiger partial charge in [-0.25, -0.2) is 9.97 Å². The summed E-state index contributed by atoms with van der Waals surface area (Å²) in [4.78, 5) is 7.92. The maximum absolute atomic E-state index is 9.06. The zero-order valence-corrected chi connectivity index (χ0v) is 7.62. The molecular formula is C8H5BrN2O. The van der Waals surface area contributed by atoms with Crippen LogP contribution in [0.4, 0.5) is 0 Å². The zero-order valence-electron chi connectivity index (χ0n) is 6.03. The minimum absolute atomic E-state index is 0.0607. The van der Waals surface area contributed by atoms with Crippen molar-refractivity contribution in [1.29, 1.82) is 0 Å². The van der Waals surface area contributed by atoms with Gasteiger partial charge in [0.05, 0.1) is 11.7 Å². The van der Waals surface area contributed by atoms with Gasteiger partial charge in [0.1, 0.15) is 5.52 Å². The van der Waals surface area contributed by atoms with Gasteiger partial charge in [-0.05, 0) is 28.1 Å². The standard InChI is InChI=1S/C8H5BrN2O/c9-5-2-1-3-6-8(5)11-7(12)4-10-6/h1-4H,(H,11,12). The largest absolute Gasteiger partial charge is 0.492 e. The first kappa shape index (κ1) is 7.49. The third-order valence-corrected chi connectivity index (χ3v) is 2.15. The molecular weight excluding hydrogens is 220 g/mol. The summed E-state index contributed by atoms with van der Waals surface area (Å²) >= 11 is 3.32. The summed E-state index contributed by atoms with van der Waals surface area (Å²) in [5, 5.41) is 9.06. The molecule has 0 atom stereocenters. The van der Waals surface area contributed by atoms with Crippen LogP contribution in [0.1, 0.15) is 0 Å². The molecule has 1 aromatic heterocycles. The van der Waals surface area contributed by atoms with Crippen molar-refractivity contribution in [2.75, 3.05) is 0 Å². The third kappa shape index (κ3) is 1.14. The van der Waals surface area contributed by atoms with Crippen molar-refractivity contribution in [3.63, 3.8) is 0 Å². The lowest BCUT2D eigenvalue weighted by molar-refractivity contribution is 0.453. The Hall–Kier alpha value is -1.16. The maximum atomic E-state index is 9.06. The molecule has 4 heteroatoms. The van der Waals surface area contributed by atoms with Crippen LogP contribution in [0, 0.1) is 0 Å². The van der Waals surface area contributed by atoms with Gasteiger partial charge in [-0.2, -0.15) is 0 Å². The Balaban J connectivity index is 2.88. The Morgan fingerprint density at radius 3 is 3.00 bits per heavy atom. The van der Waals surface area contributed by atoms with E-state index >= 15 is 0 Å². The number of nitrogens with zero attached hydrogens (tertiary/aromatic N) is 2. The summed E-state index contributed by atoms with van der Waals surface area (Å²) < 4.78 is 0.836. The van der Waals surface area contributed by atoms with Crippen LogP contribution in [0.2, 0.25) is 0 Å². The van der Waals surface area contributed by atoms with Crippen molar-refractivity contribution in [3.05, 3.63) is 28.9 Å². The van der Waals surface area contributed by atoms with Gasteiger partial charge < -0.3 is 5.11 Å². The van der Waals surface area contributed by atoms with Crippen LogP contribution < -0.4 is 0 Å². The average molecular weight is 225 g/mol. The van der Waals surface area contributed by atoms with Crippen LogP contribution >= 0.6 is 15.9 Å². The van der Waals surface area contributed by atoms with E-state index in [0.717, 1.165) is 9.99 Å². The lowest BCUT2D eigenvalue weighted by Crippen LogP contribution is -1.83. The Bertz CT molecular complexity index is 430. The van der Waals surface area contributed by atoms with Crippen LogP contribution in [0.5, 0.6) is 5.88 Å². The van der Waals surface area contributed by atoms with Gasteiger partial charge in [0.15, 0.2) is 0 Å². The van der Waals surface area contributed by atoms with Crippen LogP contribution in [0.25, 0.3) is 11.0 Å². The molecule has 0 spiro atoms. The van der Waals surface area contributed by atoms with Gasteiger partial charge in [0.25, 0.3) is 0 Å². The van der Waals surface area contributed by atoms with E-state index in [2.05, 4.69) is 25.9 Å². The minimum atomic E-state index is -0.0607. The van der Waals surface area contributed by atoms with Crippen molar-refractivity contribution < 1.29 is 5.11 Å². The predicted octanol–water partition coefficient (Wildman–Crippen LogP) is 2.10. The topological polar surface area (TPSA) is 46.0 Å². The van der Waals surface area contributed by atoms with Crippen molar-refractivity contribution in [2.24, 2.45) is 0 Å². The molecule has 2 rings (SSSR count). The molecule has 1 heterocycles. The van der Waals surface area contributed by atoms with Crippen molar-refractivity contribution in [1.82, 2.24) is 9.97 Å². The van der Waals surface area contributed by atoms with Gasteiger partial charge in [0, 0.05) is 4.47 Å². The first-order valence-corrected chi connectivity index (χ1v) is 4.17. The molecule has 12 heavy (non-hydrogen) atoms. The van der Waals surface area contributed by atoms with E-state index in [0.29, 0.717) is 5.52 Å². The lowest BCUT2D eigenvalue weighted by Gasteiger charge is -1.97. The first-order chi connectivity index (χ1) is 5.77. The van der Waals surface area contributed by atoms with Crippen molar-refractivity contribution in [3.8, 4) is 5.88 Å². The molecule has 0 aliphatic carbocycles. The van der Waals surface area contributed by atoms with E-state index < -0.39 is 0 Å². The molecule has 0 aliphatic rings. The Kier molecular flexibility index (Phi) is 1.69. The number of hydrogen-bond donors (Lipinski definition) is 1. The smallest absolute Gasteiger partial charge is 0.230 e. The van der Waals surface area contributed by atoms with Gasteiger partial charge in [-0.3, -0.25) is 0 Å². The highest BCUT2D eigenvalue weighted by Crippen LogP contribution is 2.21. The third-order valence-electron chi connectivity index (χ3n) is 1.51. The minimum Gasteiger partial charge on any atom is -0.492 e. The van der Waals surface area contributed by atoms with Crippen molar-refractivity contribution >= 4 is 27.0 Å². The van der Waals surface area contributed by atoms with E-state index in [1.807, 2.05) is 18.2 Å². The quantitative estimate of drug-likeness (QED) is 0.746. The van der Waals surface area contributed by atoms with Gasteiger partial charge in [-0.1, -0.05) is 6.07 Å². The molecule has 0 radical (unpaired) electrons. The number of para-hydroxylation sites is 1. The van der Waals surface area contributed by atoms with Crippen molar-refractivity contribution in [2.45, 2.75) is 0 Å². The highest BCUT2D eigenvalue weighted by atomic mass is 79.9. The molecule has 3 nitrogen and oxygen atoms in total. The molecule has 0 unspecified atom stereocenters. The summed E-state index contributed by atoms with van der Waals surface area (Å²) in [6.07, 6.45) is 1.33. The van der Waals surface area contributed by atoms with E-state index in [-0.39, 0.29) is 5.88 Å². The van der Waals surface area contributed by atoms with E-state index in [1.54, 1.807) is 0 Å². The molecule has 1 aromatic carbocycles. The molecule has 0 fully saturated rings. The summed E-state index contributed by atoms with van der Waals surface area (Å²) in [6, 6.07) is 5.57. The molecule has 0 aliphatic heterocycles. The second-order valence-corrected chi connectivity index (χ2v) is 3.19. The number of aromatic nitrogens is 2. The van der Waals surface area contributed by atoms with Crippen LogP contribution in [-0.4, -0.2) is 15.1 Å². The highest BCUT2D eigenvalue weighted by molar-refractivity contribution is 9.10. The summed E-state index contributed by atoms with van der Waals surface area (Å²) in [6.45, 7) is 0. The second kappa shape index (κ2) is 2.71. The van der Waals surface area contributed by atoms with Gasteiger partial charge in [-0.15, -0.1) is 0 Å². The van der Waals surface area contributed by atoms with Crippen LogP contribution in [-0.2, 0) is 0 Å². The number of aromatic hydroxyl groups is 1. The monoisotopic (exact) mass is 224 g/mol. The lowest BCUT2D eigenvalue weighted by atomic mass is 10.3. The highest BCUT2D eigenvalue weighted by Gasteiger charge is 2.00. The number of fused-ring (bicyclic) bond motifs is 1. The number of benzene rings is 1. The Morgan fingerprint density at radius 2 is 2.17 bits per heavy atom. The van der Waals surface area contributed by atoms with E-state index in [9.17, 15) is 0 Å². The van der Waals surface area contributed by atoms with E-state index in [4.69, 9.17) is 5.11 Å². The number of hydrogen-bond acceptors (Lipinski definition) is 3. The second-order valence-electron chi connectivity index (χ2n) is 2.34. The Labute approximate surface area is 77.2 Å². The zero-order chi connectivity index (χ0) is 8.55. The fourth-order valence-corrected chi connectivity index (χ4v) is 1.43. The molecule has 0 bridgehead atoms. The SMILES string of the molecule is Oc1cnc2cccc(Br)c2n1.